The van der Waals surface area contributed by atoms with E-state index in [2.05, 4.69) is 0 Å². The van der Waals surface area contributed by atoms with Crippen LogP contribution in [-0.4, -0.2) is 41.4 Å². The van der Waals surface area contributed by atoms with Gasteiger partial charge in [0.05, 0.1) is 0 Å². The lowest BCUT2D eigenvalue weighted by atomic mass is 9.91. The third-order valence-electron chi connectivity index (χ3n) is 4.21. The largest absolute Gasteiger partial charge is 0.444 e. The topological polar surface area (TPSA) is 49.8 Å². The molecular weight excluding hydrogens is 242 g/mol. The first kappa shape index (κ1) is 14.6. The smallest absolute Gasteiger partial charge is 0.410 e. The molecule has 2 atom stereocenters. The van der Waals surface area contributed by atoms with Crippen molar-refractivity contribution in [3.63, 3.8) is 0 Å². The van der Waals surface area contributed by atoms with E-state index >= 15 is 0 Å². The van der Waals surface area contributed by atoms with Gasteiger partial charge in [-0.25, -0.2) is 4.79 Å². The molecule has 2 fully saturated rings. The zero-order chi connectivity index (χ0) is 14.0. The number of aliphatic hydroxyl groups is 1. The van der Waals surface area contributed by atoms with E-state index in [0.717, 1.165) is 37.8 Å². The Bertz CT molecular complexity index is 316. The molecule has 19 heavy (non-hydrogen) atoms. The van der Waals surface area contributed by atoms with Crippen LogP contribution < -0.4 is 0 Å². The van der Waals surface area contributed by atoms with E-state index in [4.69, 9.17) is 9.84 Å². The number of hydrogen-bond donors (Lipinski definition) is 1. The van der Waals surface area contributed by atoms with Gasteiger partial charge in [-0.1, -0.05) is 0 Å². The quantitative estimate of drug-likeness (QED) is 0.857. The van der Waals surface area contributed by atoms with E-state index in [1.807, 2.05) is 25.7 Å². The van der Waals surface area contributed by atoms with Crippen LogP contribution in [0.3, 0.4) is 0 Å². The predicted molar refractivity (Wildman–Crippen MR) is 73.8 cm³/mol. The standard InChI is InChI=1S/C15H27NO3/c1-15(2,3)19-14(18)16-6-4-11(5-7-16)8-12-9-13(12)10-17/h11-13,17H,4-10H2,1-3H3/t12-,13+/m1/s1. The first-order valence-corrected chi connectivity index (χ1v) is 7.48. The highest BCUT2D eigenvalue weighted by Gasteiger charge is 2.38. The maximum Gasteiger partial charge on any atom is 0.410 e. The molecule has 0 aromatic rings. The number of rotatable bonds is 3. The summed E-state index contributed by atoms with van der Waals surface area (Å²) in [5.74, 6) is 2.02. The van der Waals surface area contributed by atoms with Crippen LogP contribution in [0.2, 0.25) is 0 Å². The monoisotopic (exact) mass is 269 g/mol. The summed E-state index contributed by atoms with van der Waals surface area (Å²) >= 11 is 0. The second-order valence-electron chi connectivity index (χ2n) is 7.08. The Balaban J connectivity index is 1.69. The number of likely N-dealkylation sites (tertiary alicyclic amines) is 1. The van der Waals surface area contributed by atoms with Crippen molar-refractivity contribution in [2.75, 3.05) is 19.7 Å². The number of aliphatic hydroxyl groups excluding tert-OH is 1. The van der Waals surface area contributed by atoms with Gasteiger partial charge in [-0.15, -0.1) is 0 Å². The number of hydrogen-bond acceptors (Lipinski definition) is 3. The Morgan fingerprint density at radius 3 is 2.37 bits per heavy atom. The number of carbonyl (C=O) groups is 1. The van der Waals surface area contributed by atoms with Gasteiger partial charge in [0.2, 0.25) is 0 Å². The molecule has 1 heterocycles. The number of carbonyl (C=O) groups excluding carboxylic acids is 1. The van der Waals surface area contributed by atoms with Crippen LogP contribution in [-0.2, 0) is 4.74 Å². The van der Waals surface area contributed by atoms with Crippen molar-refractivity contribution in [1.82, 2.24) is 4.90 Å². The summed E-state index contributed by atoms with van der Waals surface area (Å²) in [6.07, 6.45) is 4.41. The molecule has 1 aliphatic carbocycles. The molecule has 1 saturated heterocycles. The predicted octanol–water partition coefficient (Wildman–Crippen LogP) is 2.65. The van der Waals surface area contributed by atoms with Crippen LogP contribution >= 0.6 is 0 Å². The van der Waals surface area contributed by atoms with Gasteiger partial charge >= 0.3 is 6.09 Å². The van der Waals surface area contributed by atoms with Gasteiger partial charge in [0.1, 0.15) is 5.60 Å². The third-order valence-corrected chi connectivity index (χ3v) is 4.21. The van der Waals surface area contributed by atoms with Crippen LogP contribution in [0.4, 0.5) is 4.79 Å². The highest BCUT2D eigenvalue weighted by atomic mass is 16.6. The van der Waals surface area contributed by atoms with Crippen LogP contribution in [0.25, 0.3) is 0 Å². The minimum absolute atomic E-state index is 0.175. The fourth-order valence-corrected chi connectivity index (χ4v) is 2.93. The average Bonchev–Trinajstić information content (AvgIpc) is 3.06. The fourth-order valence-electron chi connectivity index (χ4n) is 2.93. The summed E-state index contributed by atoms with van der Waals surface area (Å²) in [5, 5.41) is 9.06. The van der Waals surface area contributed by atoms with E-state index in [9.17, 15) is 4.79 Å². The van der Waals surface area contributed by atoms with Gasteiger partial charge in [0, 0.05) is 19.7 Å². The van der Waals surface area contributed by atoms with Gasteiger partial charge in [-0.05, 0) is 64.2 Å². The van der Waals surface area contributed by atoms with Crippen molar-refractivity contribution < 1.29 is 14.6 Å². The maximum atomic E-state index is 11.9. The van der Waals surface area contributed by atoms with E-state index in [1.54, 1.807) is 0 Å². The molecule has 110 valence electrons. The van der Waals surface area contributed by atoms with E-state index < -0.39 is 5.60 Å². The molecule has 0 radical (unpaired) electrons. The van der Waals surface area contributed by atoms with Gasteiger partial charge in [0.25, 0.3) is 0 Å². The molecule has 0 spiro atoms. The molecule has 1 saturated carbocycles. The lowest BCUT2D eigenvalue weighted by Gasteiger charge is -2.33. The summed E-state index contributed by atoms with van der Waals surface area (Å²) in [6, 6.07) is 0. The second-order valence-corrected chi connectivity index (χ2v) is 7.08. The Hall–Kier alpha value is -0.770. The maximum absolute atomic E-state index is 11.9. The number of ether oxygens (including phenoxy) is 1. The van der Waals surface area contributed by atoms with E-state index in [1.165, 1.54) is 12.8 Å². The average molecular weight is 269 g/mol. The molecule has 4 nitrogen and oxygen atoms in total. The van der Waals surface area contributed by atoms with Crippen LogP contribution in [0, 0.1) is 17.8 Å². The van der Waals surface area contributed by atoms with Crippen molar-refractivity contribution in [2.24, 2.45) is 17.8 Å². The highest BCUT2D eigenvalue weighted by Crippen LogP contribution is 2.44. The Morgan fingerprint density at radius 1 is 1.26 bits per heavy atom. The van der Waals surface area contributed by atoms with Gasteiger partial charge < -0.3 is 14.7 Å². The molecule has 2 aliphatic rings. The Kier molecular flexibility index (Phi) is 4.39. The summed E-state index contributed by atoms with van der Waals surface area (Å²) in [4.78, 5) is 13.8. The van der Waals surface area contributed by atoms with Crippen molar-refractivity contribution >= 4 is 6.09 Å². The Labute approximate surface area is 116 Å². The fraction of sp³-hybridized carbons (Fsp3) is 0.933. The van der Waals surface area contributed by atoms with Crippen molar-refractivity contribution in [1.29, 1.82) is 0 Å². The van der Waals surface area contributed by atoms with E-state index in [-0.39, 0.29) is 6.09 Å². The number of piperidine rings is 1. The molecule has 1 amide bonds. The second kappa shape index (κ2) is 5.70. The Morgan fingerprint density at radius 2 is 1.89 bits per heavy atom. The number of nitrogens with zero attached hydrogens (tertiary/aromatic N) is 1. The van der Waals surface area contributed by atoms with Crippen LogP contribution in [0.1, 0.15) is 46.5 Å². The van der Waals surface area contributed by atoms with Gasteiger partial charge in [-0.2, -0.15) is 0 Å². The molecule has 0 aromatic carbocycles. The van der Waals surface area contributed by atoms with Crippen LogP contribution in [0.5, 0.6) is 0 Å². The minimum atomic E-state index is -0.406. The summed E-state index contributed by atoms with van der Waals surface area (Å²) in [6.45, 7) is 7.69. The third kappa shape index (κ3) is 4.37. The van der Waals surface area contributed by atoms with Gasteiger partial charge in [-0.3, -0.25) is 0 Å². The molecule has 0 bridgehead atoms. The SMILES string of the molecule is CC(C)(C)OC(=O)N1CCC(C[C@@H]2C[C@H]2CO)CC1. The zero-order valence-corrected chi connectivity index (χ0v) is 12.4. The molecule has 0 aromatic heterocycles. The first-order valence-electron chi connectivity index (χ1n) is 7.48. The van der Waals surface area contributed by atoms with Crippen molar-refractivity contribution in [3.8, 4) is 0 Å². The molecule has 1 aliphatic heterocycles. The molecular formula is C15H27NO3. The molecule has 1 N–H and O–H groups in total. The normalized spacial score (nSPS) is 28.3. The summed E-state index contributed by atoms with van der Waals surface area (Å²) in [7, 11) is 0. The molecule has 0 unspecified atom stereocenters. The minimum Gasteiger partial charge on any atom is -0.444 e. The summed E-state index contributed by atoms with van der Waals surface area (Å²) in [5.41, 5.74) is -0.406. The highest BCUT2D eigenvalue weighted by molar-refractivity contribution is 5.68. The zero-order valence-electron chi connectivity index (χ0n) is 12.4. The lowest BCUT2D eigenvalue weighted by molar-refractivity contribution is 0.0179. The van der Waals surface area contributed by atoms with Crippen LogP contribution in [0.15, 0.2) is 0 Å². The number of amides is 1. The molecule has 2 rings (SSSR count). The van der Waals surface area contributed by atoms with Crippen molar-refractivity contribution in [3.05, 3.63) is 0 Å². The van der Waals surface area contributed by atoms with Gasteiger partial charge in [0.15, 0.2) is 0 Å². The van der Waals surface area contributed by atoms with E-state index in [0.29, 0.717) is 12.5 Å². The lowest BCUT2D eigenvalue weighted by Crippen LogP contribution is -2.41. The molecule has 4 heteroatoms. The first-order chi connectivity index (χ1) is 8.89. The summed E-state index contributed by atoms with van der Waals surface area (Å²) < 4.78 is 5.39. The van der Waals surface area contributed by atoms with Crippen molar-refractivity contribution in [2.45, 2.75) is 52.1 Å².